The van der Waals surface area contributed by atoms with E-state index in [4.69, 9.17) is 4.74 Å². The summed E-state index contributed by atoms with van der Waals surface area (Å²) < 4.78 is 5.32. The van der Waals surface area contributed by atoms with Crippen LogP contribution in [0.25, 0.3) is 0 Å². The quantitative estimate of drug-likeness (QED) is 0.702. The van der Waals surface area contributed by atoms with Gasteiger partial charge in [-0.25, -0.2) is 0 Å². The van der Waals surface area contributed by atoms with E-state index in [0.717, 1.165) is 29.9 Å². The van der Waals surface area contributed by atoms with E-state index in [2.05, 4.69) is 48.0 Å². The summed E-state index contributed by atoms with van der Waals surface area (Å²) in [5, 5.41) is 0. The summed E-state index contributed by atoms with van der Waals surface area (Å²) in [5.41, 5.74) is 1.40. The Morgan fingerprint density at radius 2 is 2.11 bits per heavy atom. The number of hydrogen-bond donors (Lipinski definition) is 0. The van der Waals surface area contributed by atoms with Crippen LogP contribution in [0.3, 0.4) is 0 Å². The van der Waals surface area contributed by atoms with Crippen molar-refractivity contribution in [2.24, 2.45) is 17.8 Å². The molecule has 0 heterocycles. The van der Waals surface area contributed by atoms with Gasteiger partial charge in [-0.15, -0.1) is 0 Å². The lowest BCUT2D eigenvalue weighted by atomic mass is 9.74. The molecule has 0 aromatic heterocycles. The molecule has 0 spiro atoms. The summed E-state index contributed by atoms with van der Waals surface area (Å²) in [5.74, 6) is 3.44. The van der Waals surface area contributed by atoms with Crippen LogP contribution in [-0.2, 0) is 6.42 Å². The standard InChI is InChI=1S/C17H25BrO/c1-12(2)14-7-8-17(18)15(11-14)9-13-5-4-6-16(10-13)19-3/h4-6,10,12,14-15,17H,7-9,11H2,1-3H3. The molecule has 0 bridgehead atoms. The van der Waals surface area contributed by atoms with Crippen molar-refractivity contribution in [1.29, 1.82) is 0 Å². The number of alkyl halides is 1. The Labute approximate surface area is 125 Å². The van der Waals surface area contributed by atoms with Crippen molar-refractivity contribution in [2.45, 2.75) is 44.4 Å². The summed E-state index contributed by atoms with van der Waals surface area (Å²) in [6.07, 6.45) is 5.21. The van der Waals surface area contributed by atoms with Crippen LogP contribution >= 0.6 is 15.9 Å². The predicted molar refractivity (Wildman–Crippen MR) is 85.1 cm³/mol. The van der Waals surface area contributed by atoms with Crippen molar-refractivity contribution in [2.75, 3.05) is 7.11 Å². The molecule has 2 heteroatoms. The van der Waals surface area contributed by atoms with Crippen molar-refractivity contribution < 1.29 is 4.74 Å². The third kappa shape index (κ3) is 3.98. The fourth-order valence-electron chi connectivity index (χ4n) is 3.18. The first-order valence-electron chi connectivity index (χ1n) is 7.37. The highest BCUT2D eigenvalue weighted by Gasteiger charge is 2.30. The number of halogens is 1. The Balaban J connectivity index is 2.03. The molecule has 1 aromatic rings. The summed E-state index contributed by atoms with van der Waals surface area (Å²) in [6, 6.07) is 8.52. The fraction of sp³-hybridized carbons (Fsp3) is 0.647. The van der Waals surface area contributed by atoms with Gasteiger partial charge in [0.2, 0.25) is 0 Å². The van der Waals surface area contributed by atoms with E-state index in [1.54, 1.807) is 7.11 Å². The summed E-state index contributed by atoms with van der Waals surface area (Å²) in [4.78, 5) is 0.675. The minimum absolute atomic E-state index is 0.675. The van der Waals surface area contributed by atoms with Crippen LogP contribution in [0.2, 0.25) is 0 Å². The third-order valence-corrected chi connectivity index (χ3v) is 5.71. The molecule has 1 saturated carbocycles. The molecular weight excluding hydrogens is 300 g/mol. The molecular formula is C17H25BrO. The number of ether oxygens (including phenoxy) is 1. The Morgan fingerprint density at radius 3 is 2.79 bits per heavy atom. The van der Waals surface area contributed by atoms with Crippen LogP contribution in [0.4, 0.5) is 0 Å². The number of benzene rings is 1. The molecule has 3 unspecified atom stereocenters. The smallest absolute Gasteiger partial charge is 0.119 e. The minimum Gasteiger partial charge on any atom is -0.497 e. The maximum absolute atomic E-state index is 5.32. The molecule has 2 rings (SSSR count). The van der Waals surface area contributed by atoms with Gasteiger partial charge in [0.1, 0.15) is 5.75 Å². The maximum atomic E-state index is 5.32. The molecule has 0 saturated heterocycles. The highest BCUT2D eigenvalue weighted by atomic mass is 79.9. The van der Waals surface area contributed by atoms with Crippen molar-refractivity contribution in [3.05, 3.63) is 29.8 Å². The Morgan fingerprint density at radius 1 is 1.32 bits per heavy atom. The van der Waals surface area contributed by atoms with E-state index >= 15 is 0 Å². The average Bonchev–Trinajstić information content (AvgIpc) is 2.41. The number of rotatable bonds is 4. The van der Waals surface area contributed by atoms with Gasteiger partial charge in [0.05, 0.1) is 7.11 Å². The van der Waals surface area contributed by atoms with Crippen molar-refractivity contribution in [3.8, 4) is 5.75 Å². The van der Waals surface area contributed by atoms with Gasteiger partial charge in [0.25, 0.3) is 0 Å². The largest absolute Gasteiger partial charge is 0.497 e. The van der Waals surface area contributed by atoms with E-state index in [9.17, 15) is 0 Å². The predicted octanol–water partition coefficient (Wildman–Crippen LogP) is 5.07. The lowest BCUT2D eigenvalue weighted by Gasteiger charge is -2.35. The number of hydrogen-bond acceptors (Lipinski definition) is 1. The zero-order chi connectivity index (χ0) is 13.8. The Kier molecular flexibility index (Phi) is 5.32. The van der Waals surface area contributed by atoms with Crippen molar-refractivity contribution >= 4 is 15.9 Å². The van der Waals surface area contributed by atoms with Crippen molar-refractivity contribution in [1.82, 2.24) is 0 Å². The van der Waals surface area contributed by atoms with Gasteiger partial charge in [-0.3, -0.25) is 0 Å². The summed E-state index contributed by atoms with van der Waals surface area (Å²) in [7, 11) is 1.74. The molecule has 0 radical (unpaired) electrons. The molecule has 0 aliphatic heterocycles. The van der Waals surface area contributed by atoms with Gasteiger partial charge in [-0.1, -0.05) is 41.9 Å². The second-order valence-electron chi connectivity index (χ2n) is 6.15. The Hall–Kier alpha value is -0.500. The minimum atomic E-state index is 0.675. The van der Waals surface area contributed by atoms with Gasteiger partial charge >= 0.3 is 0 Å². The van der Waals surface area contributed by atoms with Crippen molar-refractivity contribution in [3.63, 3.8) is 0 Å². The highest BCUT2D eigenvalue weighted by molar-refractivity contribution is 9.09. The SMILES string of the molecule is COc1cccc(CC2CC(C(C)C)CCC2Br)c1. The molecule has 1 aliphatic carbocycles. The van der Waals surface area contributed by atoms with E-state index in [1.807, 2.05) is 6.07 Å². The van der Waals surface area contributed by atoms with Gasteiger partial charge < -0.3 is 4.74 Å². The molecule has 3 atom stereocenters. The molecule has 1 aromatic carbocycles. The first-order chi connectivity index (χ1) is 9.10. The molecule has 0 N–H and O–H groups in total. The molecule has 1 nitrogen and oxygen atoms in total. The monoisotopic (exact) mass is 324 g/mol. The van der Waals surface area contributed by atoms with E-state index in [-0.39, 0.29) is 0 Å². The maximum Gasteiger partial charge on any atom is 0.119 e. The van der Waals surface area contributed by atoms with Crippen LogP contribution in [0, 0.1) is 17.8 Å². The Bertz CT molecular complexity index is 402. The van der Waals surface area contributed by atoms with Crippen LogP contribution in [-0.4, -0.2) is 11.9 Å². The first kappa shape index (κ1) is 14.9. The van der Waals surface area contributed by atoms with E-state index in [0.29, 0.717) is 4.83 Å². The van der Waals surface area contributed by atoms with Crippen LogP contribution in [0.1, 0.15) is 38.7 Å². The second-order valence-corrected chi connectivity index (χ2v) is 7.33. The lowest BCUT2D eigenvalue weighted by molar-refractivity contribution is 0.222. The zero-order valence-electron chi connectivity index (χ0n) is 12.2. The van der Waals surface area contributed by atoms with Crippen LogP contribution in [0.5, 0.6) is 5.75 Å². The normalized spacial score (nSPS) is 27.5. The van der Waals surface area contributed by atoms with E-state index < -0.39 is 0 Å². The summed E-state index contributed by atoms with van der Waals surface area (Å²) >= 11 is 3.89. The average molecular weight is 325 g/mol. The van der Waals surface area contributed by atoms with Gasteiger partial charge in [-0.2, -0.15) is 0 Å². The van der Waals surface area contributed by atoms with Crippen LogP contribution < -0.4 is 4.74 Å². The molecule has 1 aliphatic rings. The topological polar surface area (TPSA) is 9.23 Å². The molecule has 1 fully saturated rings. The molecule has 19 heavy (non-hydrogen) atoms. The van der Waals surface area contributed by atoms with Gasteiger partial charge in [0.15, 0.2) is 0 Å². The third-order valence-electron chi connectivity index (χ3n) is 4.51. The fourth-order valence-corrected chi connectivity index (χ4v) is 3.85. The summed E-state index contributed by atoms with van der Waals surface area (Å²) in [6.45, 7) is 4.73. The highest BCUT2D eigenvalue weighted by Crippen LogP contribution is 2.39. The van der Waals surface area contributed by atoms with Gasteiger partial charge in [0, 0.05) is 4.83 Å². The zero-order valence-corrected chi connectivity index (χ0v) is 13.8. The first-order valence-corrected chi connectivity index (χ1v) is 8.28. The molecule has 106 valence electrons. The lowest BCUT2D eigenvalue weighted by Crippen LogP contribution is -2.29. The van der Waals surface area contributed by atoms with Gasteiger partial charge in [-0.05, 0) is 61.1 Å². The van der Waals surface area contributed by atoms with E-state index in [1.165, 1.54) is 24.8 Å². The van der Waals surface area contributed by atoms with Crippen LogP contribution in [0.15, 0.2) is 24.3 Å². The molecule has 0 amide bonds. The number of methoxy groups -OCH3 is 1. The second kappa shape index (κ2) is 6.78.